The second kappa shape index (κ2) is 7.49. The van der Waals surface area contributed by atoms with E-state index in [4.69, 9.17) is 9.47 Å². The Kier molecular flexibility index (Phi) is 5.86. The fraction of sp³-hybridized carbons (Fsp3) is 0.357. The van der Waals surface area contributed by atoms with Crippen LogP contribution in [0.25, 0.3) is 0 Å². The predicted molar refractivity (Wildman–Crippen MR) is 67.1 cm³/mol. The van der Waals surface area contributed by atoms with Crippen LogP contribution in [-0.4, -0.2) is 19.2 Å². The van der Waals surface area contributed by atoms with Crippen molar-refractivity contribution in [1.82, 2.24) is 0 Å². The molecule has 0 N–H and O–H groups in total. The van der Waals surface area contributed by atoms with Crippen molar-refractivity contribution in [3.8, 4) is 5.75 Å². The maximum absolute atomic E-state index is 11.2. The van der Waals surface area contributed by atoms with E-state index >= 15 is 0 Å². The summed E-state index contributed by atoms with van der Waals surface area (Å²) >= 11 is 0. The zero-order valence-corrected chi connectivity index (χ0v) is 10.1. The molecule has 0 bridgehead atoms. The molecule has 1 aromatic rings. The molecule has 3 nitrogen and oxygen atoms in total. The summed E-state index contributed by atoms with van der Waals surface area (Å²) in [6.45, 7) is 6.32. The number of esters is 1. The van der Waals surface area contributed by atoms with Gasteiger partial charge in [0.15, 0.2) is 0 Å². The van der Waals surface area contributed by atoms with Crippen LogP contribution in [0.3, 0.4) is 0 Å². The van der Waals surface area contributed by atoms with E-state index in [9.17, 15) is 4.79 Å². The summed E-state index contributed by atoms with van der Waals surface area (Å²) < 4.78 is 10.3. The number of hydrogen-bond donors (Lipinski definition) is 0. The molecule has 0 radical (unpaired) electrons. The molecule has 1 rings (SSSR count). The molecular formula is C14H18O3. The van der Waals surface area contributed by atoms with Gasteiger partial charge in [0.2, 0.25) is 0 Å². The van der Waals surface area contributed by atoms with Crippen LogP contribution in [-0.2, 0) is 16.0 Å². The van der Waals surface area contributed by atoms with Crippen molar-refractivity contribution in [3.63, 3.8) is 0 Å². The molecule has 92 valence electrons. The molecule has 0 spiro atoms. The highest BCUT2D eigenvalue weighted by Crippen LogP contribution is 2.14. The van der Waals surface area contributed by atoms with Crippen molar-refractivity contribution in [3.05, 3.63) is 42.5 Å². The average Bonchev–Trinajstić information content (AvgIpc) is 2.35. The van der Waals surface area contributed by atoms with Gasteiger partial charge in [-0.15, -0.1) is 0 Å². The minimum absolute atomic E-state index is 0.162. The van der Waals surface area contributed by atoms with Crippen molar-refractivity contribution in [1.29, 1.82) is 0 Å². The minimum Gasteiger partial charge on any atom is -0.490 e. The third kappa shape index (κ3) is 5.20. The van der Waals surface area contributed by atoms with Gasteiger partial charge < -0.3 is 9.47 Å². The van der Waals surface area contributed by atoms with Crippen LogP contribution in [0, 0.1) is 0 Å². The number of ether oxygens (including phenoxy) is 2. The Morgan fingerprint density at radius 1 is 1.47 bits per heavy atom. The third-order valence-electron chi connectivity index (χ3n) is 2.19. The lowest BCUT2D eigenvalue weighted by atomic mass is 10.1. The van der Waals surface area contributed by atoms with Gasteiger partial charge in [0.25, 0.3) is 0 Å². The van der Waals surface area contributed by atoms with Gasteiger partial charge in [-0.1, -0.05) is 24.8 Å². The predicted octanol–water partition coefficient (Wildman–Crippen LogP) is 2.75. The average molecular weight is 234 g/mol. The van der Waals surface area contributed by atoms with Gasteiger partial charge in [0, 0.05) is 6.42 Å². The van der Waals surface area contributed by atoms with E-state index in [1.807, 2.05) is 31.2 Å². The highest BCUT2D eigenvalue weighted by Gasteiger charge is 2.03. The molecule has 0 heterocycles. The second-order valence-corrected chi connectivity index (χ2v) is 3.55. The van der Waals surface area contributed by atoms with Crippen LogP contribution in [0.1, 0.15) is 18.9 Å². The van der Waals surface area contributed by atoms with Gasteiger partial charge in [-0.05, 0) is 31.0 Å². The first kappa shape index (κ1) is 13.3. The Labute approximate surface area is 102 Å². The summed E-state index contributed by atoms with van der Waals surface area (Å²) in [5.41, 5.74) is 1.07. The summed E-state index contributed by atoms with van der Waals surface area (Å²) in [5, 5.41) is 0. The maximum atomic E-state index is 11.2. The van der Waals surface area contributed by atoms with Crippen molar-refractivity contribution < 1.29 is 14.3 Å². The van der Waals surface area contributed by atoms with Crippen LogP contribution < -0.4 is 4.74 Å². The Morgan fingerprint density at radius 3 is 3.00 bits per heavy atom. The largest absolute Gasteiger partial charge is 0.490 e. The van der Waals surface area contributed by atoms with Crippen LogP contribution in [0.4, 0.5) is 0 Å². The quantitative estimate of drug-likeness (QED) is 0.537. The van der Waals surface area contributed by atoms with E-state index < -0.39 is 0 Å². The monoisotopic (exact) mass is 234 g/mol. The van der Waals surface area contributed by atoms with Crippen molar-refractivity contribution in [2.75, 3.05) is 13.2 Å². The van der Waals surface area contributed by atoms with E-state index in [0.29, 0.717) is 26.1 Å². The van der Waals surface area contributed by atoms with E-state index in [-0.39, 0.29) is 5.97 Å². The van der Waals surface area contributed by atoms with Gasteiger partial charge >= 0.3 is 5.97 Å². The van der Waals surface area contributed by atoms with E-state index in [1.54, 1.807) is 6.08 Å². The molecule has 0 saturated carbocycles. The highest BCUT2D eigenvalue weighted by atomic mass is 16.5. The third-order valence-corrected chi connectivity index (χ3v) is 2.19. The Balaban J connectivity index is 2.47. The molecule has 0 amide bonds. The molecule has 0 aliphatic carbocycles. The normalized spacial score (nSPS) is 9.71. The smallest absolute Gasteiger partial charge is 0.306 e. The SMILES string of the molecule is C=CCOc1cccc(CCC(=O)OCC)c1. The number of carbonyl (C=O) groups excluding carboxylic acids is 1. The number of rotatable bonds is 7. The second-order valence-electron chi connectivity index (χ2n) is 3.55. The van der Waals surface area contributed by atoms with Crippen LogP contribution in [0.15, 0.2) is 36.9 Å². The van der Waals surface area contributed by atoms with Crippen molar-refractivity contribution in [2.24, 2.45) is 0 Å². The fourth-order valence-electron chi connectivity index (χ4n) is 1.43. The van der Waals surface area contributed by atoms with E-state index in [2.05, 4.69) is 6.58 Å². The summed E-state index contributed by atoms with van der Waals surface area (Å²) in [4.78, 5) is 11.2. The summed E-state index contributed by atoms with van der Waals surface area (Å²) in [6.07, 6.45) is 2.77. The number of benzene rings is 1. The van der Waals surface area contributed by atoms with Gasteiger partial charge in [-0.25, -0.2) is 0 Å². The number of carbonyl (C=O) groups is 1. The molecule has 0 aromatic heterocycles. The summed E-state index contributed by atoms with van der Waals surface area (Å²) in [6, 6.07) is 7.71. The van der Waals surface area contributed by atoms with Gasteiger partial charge in [-0.2, -0.15) is 0 Å². The van der Waals surface area contributed by atoms with E-state index in [0.717, 1.165) is 11.3 Å². The lowest BCUT2D eigenvalue weighted by Crippen LogP contribution is -2.05. The lowest BCUT2D eigenvalue weighted by molar-refractivity contribution is -0.143. The first-order valence-electron chi connectivity index (χ1n) is 5.74. The topological polar surface area (TPSA) is 35.5 Å². The number of aryl methyl sites for hydroxylation is 1. The Bertz CT molecular complexity index is 371. The van der Waals surface area contributed by atoms with Crippen LogP contribution in [0.5, 0.6) is 5.75 Å². The zero-order chi connectivity index (χ0) is 12.5. The highest BCUT2D eigenvalue weighted by molar-refractivity contribution is 5.69. The Morgan fingerprint density at radius 2 is 2.29 bits per heavy atom. The molecule has 0 atom stereocenters. The first-order chi connectivity index (χ1) is 8.26. The van der Waals surface area contributed by atoms with Gasteiger partial charge in [-0.3, -0.25) is 4.79 Å². The van der Waals surface area contributed by atoms with Gasteiger partial charge in [0.1, 0.15) is 12.4 Å². The first-order valence-corrected chi connectivity index (χ1v) is 5.74. The molecule has 0 aliphatic heterocycles. The minimum atomic E-state index is -0.162. The molecule has 17 heavy (non-hydrogen) atoms. The lowest BCUT2D eigenvalue weighted by Gasteiger charge is -2.06. The Hall–Kier alpha value is -1.77. The van der Waals surface area contributed by atoms with Crippen molar-refractivity contribution >= 4 is 5.97 Å². The molecule has 0 saturated heterocycles. The van der Waals surface area contributed by atoms with Crippen molar-refractivity contribution in [2.45, 2.75) is 19.8 Å². The molecule has 0 fully saturated rings. The molecule has 1 aromatic carbocycles. The molecule has 0 aliphatic rings. The fourth-order valence-corrected chi connectivity index (χ4v) is 1.43. The number of hydrogen-bond acceptors (Lipinski definition) is 3. The molecule has 3 heteroatoms. The zero-order valence-electron chi connectivity index (χ0n) is 10.1. The van der Waals surface area contributed by atoms with Gasteiger partial charge in [0.05, 0.1) is 6.61 Å². The molecule has 0 unspecified atom stereocenters. The van der Waals surface area contributed by atoms with E-state index in [1.165, 1.54) is 0 Å². The van der Waals surface area contributed by atoms with Crippen LogP contribution in [0.2, 0.25) is 0 Å². The van der Waals surface area contributed by atoms with Crippen LogP contribution >= 0.6 is 0 Å². The molecular weight excluding hydrogens is 216 g/mol. The maximum Gasteiger partial charge on any atom is 0.306 e. The summed E-state index contributed by atoms with van der Waals surface area (Å²) in [5.74, 6) is 0.635. The summed E-state index contributed by atoms with van der Waals surface area (Å²) in [7, 11) is 0. The standard InChI is InChI=1S/C14H18O3/c1-3-10-17-13-7-5-6-12(11-13)8-9-14(15)16-4-2/h3,5-7,11H,1,4,8-10H2,2H3.